The highest BCUT2D eigenvalue weighted by atomic mass is 16.5. The molecular formula is C26H30N2O5. The van der Waals surface area contributed by atoms with Gasteiger partial charge in [0.05, 0.1) is 5.69 Å². The molecule has 2 aliphatic rings. The number of ether oxygens (including phenoxy) is 2. The fourth-order valence-electron chi connectivity index (χ4n) is 3.79. The molecule has 1 heterocycles. The van der Waals surface area contributed by atoms with Gasteiger partial charge in [-0.25, -0.2) is 0 Å². The molecule has 4 rings (SSSR count). The molecule has 1 aliphatic carbocycles. The molecule has 0 aromatic heterocycles. The Kier molecular flexibility index (Phi) is 6.96. The molecule has 0 atom stereocenters. The molecule has 1 N–H and O–H groups in total. The van der Waals surface area contributed by atoms with E-state index in [1.807, 2.05) is 32.0 Å². The number of Topliss-reactive ketones (excluding diaryl/α,β-unsaturated/α-hetero) is 1. The summed E-state index contributed by atoms with van der Waals surface area (Å²) in [7, 11) is 0. The van der Waals surface area contributed by atoms with Crippen LogP contribution in [0, 0.1) is 19.8 Å². The lowest BCUT2D eigenvalue weighted by atomic mass is 10.1. The third-order valence-corrected chi connectivity index (χ3v) is 6.21. The summed E-state index contributed by atoms with van der Waals surface area (Å²) in [4.78, 5) is 38.9. The number of rotatable bonds is 10. The Hall–Kier alpha value is -3.35. The van der Waals surface area contributed by atoms with Gasteiger partial charge in [0.25, 0.3) is 5.91 Å². The molecule has 2 aromatic rings. The maximum absolute atomic E-state index is 12.8. The monoisotopic (exact) mass is 450 g/mol. The van der Waals surface area contributed by atoms with Crippen LogP contribution in [0.4, 0.5) is 5.69 Å². The molecule has 1 aliphatic heterocycles. The first-order chi connectivity index (χ1) is 15.9. The zero-order valence-corrected chi connectivity index (χ0v) is 19.2. The summed E-state index contributed by atoms with van der Waals surface area (Å²) < 4.78 is 11.3. The highest BCUT2D eigenvalue weighted by Crippen LogP contribution is 2.33. The first-order valence-electron chi connectivity index (χ1n) is 11.5. The predicted molar refractivity (Wildman–Crippen MR) is 125 cm³/mol. The van der Waals surface area contributed by atoms with Gasteiger partial charge in [-0.1, -0.05) is 12.1 Å². The summed E-state index contributed by atoms with van der Waals surface area (Å²) in [6.07, 6.45) is 3.27. The SMILES string of the molecule is Cc1cccc(OCC(=O)c2ccc3c(c2)N(CCCC(=O)NCC2CC2)C(=O)CO3)c1C. The fourth-order valence-corrected chi connectivity index (χ4v) is 3.79. The molecule has 0 bridgehead atoms. The third kappa shape index (κ3) is 5.72. The van der Waals surface area contributed by atoms with Crippen molar-refractivity contribution in [2.24, 2.45) is 5.92 Å². The molecule has 2 amide bonds. The first kappa shape index (κ1) is 22.8. The van der Waals surface area contributed by atoms with Gasteiger partial charge in [0, 0.05) is 25.1 Å². The Labute approximate surface area is 194 Å². The third-order valence-electron chi connectivity index (χ3n) is 6.21. The average molecular weight is 451 g/mol. The quantitative estimate of drug-likeness (QED) is 0.559. The van der Waals surface area contributed by atoms with Gasteiger partial charge >= 0.3 is 0 Å². The summed E-state index contributed by atoms with van der Waals surface area (Å²) in [6, 6.07) is 10.8. The summed E-state index contributed by atoms with van der Waals surface area (Å²) in [5.41, 5.74) is 3.11. The number of benzene rings is 2. The van der Waals surface area contributed by atoms with Gasteiger partial charge in [0.1, 0.15) is 11.5 Å². The number of hydrogen-bond donors (Lipinski definition) is 1. The van der Waals surface area contributed by atoms with Crippen molar-refractivity contribution in [1.29, 1.82) is 0 Å². The van der Waals surface area contributed by atoms with Gasteiger partial charge in [-0.2, -0.15) is 0 Å². The van der Waals surface area contributed by atoms with Crippen LogP contribution in [0.25, 0.3) is 0 Å². The van der Waals surface area contributed by atoms with Crippen LogP contribution in [-0.4, -0.2) is 43.9 Å². The number of ketones is 1. The van der Waals surface area contributed by atoms with Crippen molar-refractivity contribution in [3.63, 3.8) is 0 Å². The smallest absolute Gasteiger partial charge is 0.265 e. The minimum Gasteiger partial charge on any atom is -0.485 e. The number of carbonyl (C=O) groups excluding carboxylic acids is 3. The predicted octanol–water partition coefficient (Wildman–Crippen LogP) is 3.60. The molecule has 33 heavy (non-hydrogen) atoms. The lowest BCUT2D eigenvalue weighted by Crippen LogP contribution is -2.40. The van der Waals surface area contributed by atoms with E-state index in [-0.39, 0.29) is 30.8 Å². The van der Waals surface area contributed by atoms with E-state index < -0.39 is 0 Å². The second-order valence-corrected chi connectivity index (χ2v) is 8.78. The summed E-state index contributed by atoms with van der Waals surface area (Å²) in [6.45, 7) is 4.94. The number of anilines is 1. The van der Waals surface area contributed by atoms with E-state index in [4.69, 9.17) is 9.47 Å². The first-order valence-corrected chi connectivity index (χ1v) is 11.5. The van der Waals surface area contributed by atoms with Crippen molar-refractivity contribution in [3.8, 4) is 11.5 Å². The van der Waals surface area contributed by atoms with E-state index in [2.05, 4.69) is 5.32 Å². The van der Waals surface area contributed by atoms with Crippen LogP contribution in [0.15, 0.2) is 36.4 Å². The largest absolute Gasteiger partial charge is 0.485 e. The number of carbonyl (C=O) groups is 3. The van der Waals surface area contributed by atoms with Gasteiger partial charge in [0.15, 0.2) is 19.0 Å². The van der Waals surface area contributed by atoms with Crippen molar-refractivity contribution < 1.29 is 23.9 Å². The van der Waals surface area contributed by atoms with Crippen LogP contribution in [0.2, 0.25) is 0 Å². The fraction of sp³-hybridized carbons (Fsp3) is 0.423. The molecule has 1 saturated carbocycles. The molecule has 0 radical (unpaired) electrons. The van der Waals surface area contributed by atoms with Crippen LogP contribution in [0.5, 0.6) is 11.5 Å². The van der Waals surface area contributed by atoms with Gasteiger partial charge < -0.3 is 19.7 Å². The van der Waals surface area contributed by atoms with Crippen LogP contribution in [0.1, 0.15) is 47.2 Å². The van der Waals surface area contributed by atoms with Crippen LogP contribution >= 0.6 is 0 Å². The van der Waals surface area contributed by atoms with E-state index in [1.54, 1.807) is 23.1 Å². The molecular weight excluding hydrogens is 420 g/mol. The zero-order valence-electron chi connectivity index (χ0n) is 19.2. The molecule has 0 unspecified atom stereocenters. The maximum Gasteiger partial charge on any atom is 0.265 e. The van der Waals surface area contributed by atoms with Gasteiger partial charge in [-0.15, -0.1) is 0 Å². The molecule has 0 spiro atoms. The number of amides is 2. The molecule has 7 heteroatoms. The number of aryl methyl sites for hydroxylation is 1. The molecule has 174 valence electrons. The van der Waals surface area contributed by atoms with Gasteiger partial charge in [-0.05, 0) is 74.4 Å². The number of nitrogens with zero attached hydrogens (tertiary/aromatic N) is 1. The number of fused-ring (bicyclic) bond motifs is 1. The Morgan fingerprint density at radius 3 is 2.79 bits per heavy atom. The number of hydrogen-bond acceptors (Lipinski definition) is 5. The molecule has 2 aromatic carbocycles. The Bertz CT molecular complexity index is 1060. The number of nitrogens with one attached hydrogen (secondary N) is 1. The zero-order chi connectivity index (χ0) is 23.4. The normalized spacial score (nSPS) is 15.0. The highest BCUT2D eigenvalue weighted by Gasteiger charge is 2.27. The van der Waals surface area contributed by atoms with Crippen molar-refractivity contribution in [2.45, 2.75) is 39.5 Å². The van der Waals surface area contributed by atoms with Crippen molar-refractivity contribution in [1.82, 2.24) is 5.32 Å². The topological polar surface area (TPSA) is 84.9 Å². The maximum atomic E-state index is 12.8. The standard InChI is InChI=1S/C26H30N2O5/c1-17-5-3-6-23(18(17)2)32-15-22(29)20-10-11-24-21(13-20)28(26(31)16-33-24)12-4-7-25(30)27-14-19-8-9-19/h3,5-6,10-11,13,19H,4,7-9,12,14-16H2,1-2H3,(H,27,30). The molecule has 7 nitrogen and oxygen atoms in total. The summed E-state index contributed by atoms with van der Waals surface area (Å²) in [5.74, 6) is 1.52. The van der Waals surface area contributed by atoms with E-state index in [1.165, 1.54) is 12.8 Å². The second kappa shape index (κ2) is 10.1. The van der Waals surface area contributed by atoms with Crippen molar-refractivity contribution in [2.75, 3.05) is 31.2 Å². The van der Waals surface area contributed by atoms with Crippen LogP contribution < -0.4 is 19.7 Å². The molecule has 0 saturated heterocycles. The van der Waals surface area contributed by atoms with Crippen molar-refractivity contribution >= 4 is 23.3 Å². The van der Waals surface area contributed by atoms with E-state index >= 15 is 0 Å². The van der Waals surface area contributed by atoms with E-state index in [0.29, 0.717) is 48.1 Å². The lowest BCUT2D eigenvalue weighted by molar-refractivity contribution is -0.122. The Morgan fingerprint density at radius 2 is 2.00 bits per heavy atom. The molecule has 1 fully saturated rings. The van der Waals surface area contributed by atoms with Crippen LogP contribution in [0.3, 0.4) is 0 Å². The van der Waals surface area contributed by atoms with E-state index in [0.717, 1.165) is 17.7 Å². The summed E-state index contributed by atoms with van der Waals surface area (Å²) >= 11 is 0. The Morgan fingerprint density at radius 1 is 1.18 bits per heavy atom. The van der Waals surface area contributed by atoms with Crippen LogP contribution in [-0.2, 0) is 9.59 Å². The average Bonchev–Trinajstić information content (AvgIpc) is 3.64. The minimum absolute atomic E-state index is 0.00958. The lowest BCUT2D eigenvalue weighted by Gasteiger charge is -2.29. The highest BCUT2D eigenvalue weighted by molar-refractivity contribution is 6.02. The second-order valence-electron chi connectivity index (χ2n) is 8.78. The van der Waals surface area contributed by atoms with Gasteiger partial charge in [0.2, 0.25) is 5.91 Å². The summed E-state index contributed by atoms with van der Waals surface area (Å²) in [5, 5.41) is 2.95. The van der Waals surface area contributed by atoms with E-state index in [9.17, 15) is 14.4 Å². The van der Waals surface area contributed by atoms with Gasteiger partial charge in [-0.3, -0.25) is 14.4 Å². The minimum atomic E-state index is -0.184. The Balaban J connectivity index is 1.38. The van der Waals surface area contributed by atoms with Crippen molar-refractivity contribution in [3.05, 3.63) is 53.1 Å².